The van der Waals surface area contributed by atoms with Crippen LogP contribution in [0.2, 0.25) is 0 Å². The van der Waals surface area contributed by atoms with Gasteiger partial charge < -0.3 is 15.1 Å². The Morgan fingerprint density at radius 2 is 1.79 bits per heavy atom. The fraction of sp³-hybridized carbons (Fsp3) is 0.240. The van der Waals surface area contributed by atoms with Crippen LogP contribution in [0.4, 0.5) is 16.0 Å². The van der Waals surface area contributed by atoms with Crippen molar-refractivity contribution in [3.63, 3.8) is 0 Å². The summed E-state index contributed by atoms with van der Waals surface area (Å²) in [6.07, 6.45) is 7.25. The van der Waals surface area contributed by atoms with E-state index in [0.29, 0.717) is 22.9 Å². The van der Waals surface area contributed by atoms with E-state index in [1.54, 1.807) is 23.1 Å². The van der Waals surface area contributed by atoms with Gasteiger partial charge in [-0.15, -0.1) is 0 Å². The molecular formula is C25H26FN7. The van der Waals surface area contributed by atoms with E-state index in [1.165, 1.54) is 0 Å². The van der Waals surface area contributed by atoms with E-state index in [0.717, 1.165) is 48.1 Å². The molecule has 1 fully saturated rings. The molecule has 33 heavy (non-hydrogen) atoms. The molecular weight excluding hydrogens is 417 g/mol. The lowest BCUT2D eigenvalue weighted by molar-refractivity contribution is 0.310. The fourth-order valence-electron chi connectivity index (χ4n) is 4.09. The van der Waals surface area contributed by atoms with Crippen LogP contribution in [0, 0.1) is 5.82 Å². The second kappa shape index (κ2) is 8.63. The highest BCUT2D eigenvalue weighted by Crippen LogP contribution is 2.28. The first-order valence-corrected chi connectivity index (χ1v) is 10.9. The highest BCUT2D eigenvalue weighted by atomic mass is 19.1. The molecule has 4 aromatic rings. The smallest absolute Gasteiger partial charge is 0.174 e. The molecule has 1 saturated heterocycles. The first-order valence-electron chi connectivity index (χ1n) is 10.9. The molecule has 168 valence electrons. The number of hydrogen-bond donors (Lipinski definition) is 1. The molecule has 1 N–H and O–H groups in total. The van der Waals surface area contributed by atoms with Gasteiger partial charge in [-0.3, -0.25) is 4.68 Å². The minimum absolute atomic E-state index is 0.362. The summed E-state index contributed by atoms with van der Waals surface area (Å²) >= 11 is 0. The van der Waals surface area contributed by atoms with E-state index >= 15 is 4.39 Å². The minimum atomic E-state index is -0.362. The van der Waals surface area contributed by atoms with Crippen LogP contribution in [0.5, 0.6) is 0 Å². The molecule has 0 amide bonds. The lowest BCUT2D eigenvalue weighted by Gasteiger charge is -2.33. The lowest BCUT2D eigenvalue weighted by Crippen LogP contribution is -2.45. The van der Waals surface area contributed by atoms with Crippen molar-refractivity contribution in [2.75, 3.05) is 43.4 Å². The van der Waals surface area contributed by atoms with Crippen molar-refractivity contribution in [3.8, 4) is 11.1 Å². The summed E-state index contributed by atoms with van der Waals surface area (Å²) in [7, 11) is 3.97. The molecule has 0 spiro atoms. The van der Waals surface area contributed by atoms with E-state index < -0.39 is 0 Å². The molecule has 7 nitrogen and oxygen atoms in total. The van der Waals surface area contributed by atoms with E-state index in [2.05, 4.69) is 51.0 Å². The Kier molecular flexibility index (Phi) is 5.51. The number of nitrogens with one attached hydrogen (secondary N) is 1. The van der Waals surface area contributed by atoms with Gasteiger partial charge in [0, 0.05) is 74.0 Å². The van der Waals surface area contributed by atoms with Crippen LogP contribution in [0.3, 0.4) is 0 Å². The van der Waals surface area contributed by atoms with Crippen LogP contribution in [-0.2, 0) is 7.05 Å². The lowest BCUT2D eigenvalue weighted by atomic mass is 10.0. The number of aromatic nitrogens is 4. The fourth-order valence-corrected chi connectivity index (χ4v) is 4.09. The zero-order chi connectivity index (χ0) is 22.9. The Bertz CT molecular complexity index is 1320. The van der Waals surface area contributed by atoms with E-state index in [4.69, 9.17) is 0 Å². The summed E-state index contributed by atoms with van der Waals surface area (Å²) in [5.74, 6) is 0.614. The number of anilines is 2. The summed E-state index contributed by atoms with van der Waals surface area (Å²) in [4.78, 5) is 13.0. The van der Waals surface area contributed by atoms with Crippen molar-refractivity contribution in [1.29, 1.82) is 0 Å². The number of fused-ring (bicyclic) bond motifs is 1. The number of piperazine rings is 1. The average Bonchev–Trinajstić information content (AvgIpc) is 3.25. The van der Waals surface area contributed by atoms with Gasteiger partial charge in [-0.2, -0.15) is 5.10 Å². The molecule has 8 heteroatoms. The molecule has 0 aliphatic carbocycles. The van der Waals surface area contributed by atoms with Gasteiger partial charge in [0.05, 0.1) is 6.20 Å². The number of nitrogens with zero attached hydrogens (tertiary/aromatic N) is 6. The third-order valence-electron chi connectivity index (χ3n) is 6.04. The topological polar surface area (TPSA) is 62.1 Å². The van der Waals surface area contributed by atoms with Crippen LogP contribution in [0.1, 0.15) is 5.56 Å². The molecule has 0 radical (unpaired) electrons. The predicted molar refractivity (Wildman–Crippen MR) is 131 cm³/mol. The quantitative estimate of drug-likeness (QED) is 0.503. The number of halogens is 1. The molecule has 0 atom stereocenters. The molecule has 0 unspecified atom stereocenters. The highest BCUT2D eigenvalue weighted by Gasteiger charge is 2.21. The Morgan fingerprint density at radius 1 is 0.970 bits per heavy atom. The Balaban J connectivity index is 1.39. The van der Waals surface area contributed by atoms with Crippen LogP contribution in [0.15, 0.2) is 61.7 Å². The van der Waals surface area contributed by atoms with E-state index in [1.807, 2.05) is 36.5 Å². The molecule has 1 aliphatic rings. The van der Waals surface area contributed by atoms with Gasteiger partial charge in [0.2, 0.25) is 0 Å². The maximum atomic E-state index is 15.4. The second-order valence-corrected chi connectivity index (χ2v) is 8.42. The summed E-state index contributed by atoms with van der Waals surface area (Å²) in [5, 5.41) is 9.47. The van der Waals surface area contributed by atoms with Crippen molar-refractivity contribution < 1.29 is 4.39 Å². The van der Waals surface area contributed by atoms with E-state index in [9.17, 15) is 0 Å². The zero-order valence-corrected chi connectivity index (χ0v) is 18.8. The summed E-state index contributed by atoms with van der Waals surface area (Å²) in [6.45, 7) is 7.32. The third kappa shape index (κ3) is 4.29. The van der Waals surface area contributed by atoms with Crippen molar-refractivity contribution >= 4 is 28.1 Å². The number of benzene rings is 1. The molecule has 3 aromatic heterocycles. The normalized spacial score (nSPS) is 14.6. The molecule has 1 aromatic carbocycles. The number of pyridine rings is 2. The summed E-state index contributed by atoms with van der Waals surface area (Å²) < 4.78 is 17.1. The van der Waals surface area contributed by atoms with Gasteiger partial charge in [-0.05, 0) is 36.2 Å². The zero-order valence-electron chi connectivity index (χ0n) is 18.8. The highest BCUT2D eigenvalue weighted by molar-refractivity contribution is 5.89. The maximum absolute atomic E-state index is 15.4. The second-order valence-electron chi connectivity index (χ2n) is 8.42. The molecule has 4 heterocycles. The van der Waals surface area contributed by atoms with Gasteiger partial charge in [-0.25, -0.2) is 14.4 Å². The first-order chi connectivity index (χ1) is 16.0. The van der Waals surface area contributed by atoms with Crippen molar-refractivity contribution in [1.82, 2.24) is 24.6 Å². The monoisotopic (exact) mass is 443 g/mol. The standard InChI is InChI=1S/C25H26FN7/c1-17(22-6-7-27-25(24(22)26)33-10-8-31(2)9-11-33)30-23-13-20-12-18(4-5-19(20)14-28-23)21-15-29-32(3)16-21/h4-7,12-16H,1,8-11H2,2-3H3,(H,28,30). The third-order valence-corrected chi connectivity index (χ3v) is 6.04. The number of likely N-dealkylation sites (N-methyl/N-ethyl adjacent to an activating group) is 1. The summed E-state index contributed by atoms with van der Waals surface area (Å²) in [6, 6.07) is 9.78. The minimum Gasteiger partial charge on any atom is -0.352 e. The van der Waals surface area contributed by atoms with Crippen molar-refractivity contribution in [2.45, 2.75) is 0 Å². The van der Waals surface area contributed by atoms with Crippen LogP contribution >= 0.6 is 0 Å². The Labute approximate surface area is 192 Å². The number of hydrogen-bond acceptors (Lipinski definition) is 6. The van der Waals surface area contributed by atoms with E-state index in [-0.39, 0.29) is 5.82 Å². The molecule has 5 rings (SSSR count). The van der Waals surface area contributed by atoms with Crippen molar-refractivity contribution in [3.05, 3.63) is 73.1 Å². The molecule has 0 bridgehead atoms. The van der Waals surface area contributed by atoms with Gasteiger partial charge in [0.15, 0.2) is 11.6 Å². The maximum Gasteiger partial charge on any atom is 0.174 e. The van der Waals surface area contributed by atoms with Gasteiger partial charge >= 0.3 is 0 Å². The average molecular weight is 444 g/mol. The SMILES string of the molecule is C=C(Nc1cc2cc(-c3cnn(C)c3)ccc2cn1)c1ccnc(N2CCN(C)CC2)c1F. The molecule has 1 aliphatic heterocycles. The van der Waals surface area contributed by atoms with Crippen LogP contribution < -0.4 is 10.2 Å². The van der Waals surface area contributed by atoms with Crippen LogP contribution in [-0.4, -0.2) is 57.9 Å². The van der Waals surface area contributed by atoms with Gasteiger partial charge in [-0.1, -0.05) is 18.7 Å². The first kappa shape index (κ1) is 21.1. The van der Waals surface area contributed by atoms with Crippen molar-refractivity contribution in [2.24, 2.45) is 7.05 Å². The van der Waals surface area contributed by atoms with Gasteiger partial charge in [0.1, 0.15) is 5.82 Å². The Hall–Kier alpha value is -3.78. The van der Waals surface area contributed by atoms with Gasteiger partial charge in [0.25, 0.3) is 0 Å². The number of aryl methyl sites for hydroxylation is 1. The largest absolute Gasteiger partial charge is 0.352 e. The van der Waals surface area contributed by atoms with Crippen LogP contribution in [0.25, 0.3) is 27.6 Å². The number of rotatable bonds is 5. The summed E-state index contributed by atoms with van der Waals surface area (Å²) in [5.41, 5.74) is 2.96. The Morgan fingerprint density at radius 3 is 2.55 bits per heavy atom. The predicted octanol–water partition coefficient (Wildman–Crippen LogP) is 4.00. The molecule has 0 saturated carbocycles.